The van der Waals surface area contributed by atoms with Crippen LogP contribution >= 0.6 is 0 Å². The third kappa shape index (κ3) is 1150. The lowest BCUT2D eigenvalue weighted by Crippen LogP contribution is -2.07. The van der Waals surface area contributed by atoms with Gasteiger partial charge in [0.1, 0.15) is 0 Å². The molecule has 1 N–H and O–H groups in total. The third-order valence-corrected chi connectivity index (χ3v) is 0. The van der Waals surface area contributed by atoms with Crippen LogP contribution in [0.3, 0.4) is 0 Å². The molecule has 0 radical (unpaired) electrons. The summed E-state index contributed by atoms with van der Waals surface area (Å²) in [5.74, 6) is -2.00. The largest absolute Gasteiger partial charge is 0.362 e. The van der Waals surface area contributed by atoms with Crippen molar-refractivity contribution in [2.75, 3.05) is 0 Å². The van der Waals surface area contributed by atoms with Gasteiger partial charge >= 0.3 is 0 Å². The Morgan fingerprint density at radius 3 is 1.60 bits per heavy atom. The Labute approximate surface area is 30.4 Å². The molecule has 5 heavy (non-hydrogen) atoms. The van der Waals surface area contributed by atoms with Crippen molar-refractivity contribution >= 4 is 0 Å². The van der Waals surface area contributed by atoms with Crippen molar-refractivity contribution in [3.8, 4) is 0 Å². The standard InChI is InChI=1S/C3H7FO/c1-3(2,4)5/h5H,1-2H3. The molecule has 0 spiro atoms. The Morgan fingerprint density at radius 2 is 1.60 bits per heavy atom. The van der Waals surface area contributed by atoms with Gasteiger partial charge in [-0.3, -0.25) is 0 Å². The first-order valence-corrected chi connectivity index (χ1v) is 1.41. The van der Waals surface area contributed by atoms with E-state index in [0.29, 0.717) is 0 Å². The van der Waals surface area contributed by atoms with Crippen LogP contribution in [0.15, 0.2) is 0 Å². The van der Waals surface area contributed by atoms with Gasteiger partial charge in [-0.25, -0.2) is 4.39 Å². The van der Waals surface area contributed by atoms with E-state index in [1.165, 1.54) is 0 Å². The fraction of sp³-hybridized carbons (Fsp3) is 1.00. The number of hydrogen-bond acceptors (Lipinski definition) is 1. The summed E-state index contributed by atoms with van der Waals surface area (Å²) in [5, 5.41) is 7.85. The van der Waals surface area contributed by atoms with Gasteiger partial charge in [-0.15, -0.1) is 0 Å². The van der Waals surface area contributed by atoms with Crippen LogP contribution in [0.5, 0.6) is 0 Å². The minimum Gasteiger partial charge on any atom is -0.362 e. The zero-order valence-corrected chi connectivity index (χ0v) is 3.33. The molecule has 0 rings (SSSR count). The maximum absolute atomic E-state index is 11.2. The average molecular weight is 78.1 g/mol. The Hall–Kier alpha value is -0.110. The van der Waals surface area contributed by atoms with E-state index >= 15 is 0 Å². The van der Waals surface area contributed by atoms with Crippen molar-refractivity contribution < 1.29 is 9.50 Å². The molecule has 0 saturated carbocycles. The summed E-state index contributed by atoms with van der Waals surface area (Å²) in [4.78, 5) is 0. The Balaban J connectivity index is 3.02. The second-order valence-corrected chi connectivity index (χ2v) is 1.41. The number of aliphatic hydroxyl groups is 1. The molecule has 0 aliphatic heterocycles. The van der Waals surface area contributed by atoms with E-state index in [1.807, 2.05) is 0 Å². The Morgan fingerprint density at radius 1 is 1.60 bits per heavy atom. The first kappa shape index (κ1) is 4.89. The van der Waals surface area contributed by atoms with Gasteiger partial charge in [0.2, 0.25) is 5.85 Å². The van der Waals surface area contributed by atoms with Crippen LogP contribution in [0.4, 0.5) is 4.39 Å². The van der Waals surface area contributed by atoms with E-state index in [2.05, 4.69) is 0 Å². The first-order chi connectivity index (χ1) is 2.00. The molecule has 0 aromatic rings. The van der Waals surface area contributed by atoms with Gasteiger partial charge in [-0.2, -0.15) is 0 Å². The fourth-order valence-electron chi connectivity index (χ4n) is 0. The van der Waals surface area contributed by atoms with E-state index < -0.39 is 5.85 Å². The van der Waals surface area contributed by atoms with Gasteiger partial charge in [0.25, 0.3) is 0 Å². The van der Waals surface area contributed by atoms with Crippen LogP contribution in [-0.4, -0.2) is 11.0 Å². The highest BCUT2D eigenvalue weighted by Crippen LogP contribution is 1.98. The molecule has 0 amide bonds. The summed E-state index contributed by atoms with van der Waals surface area (Å²) in [6, 6.07) is 0. The Kier molecular flexibility index (Phi) is 0.916. The fourth-order valence-corrected chi connectivity index (χ4v) is 0. The lowest BCUT2D eigenvalue weighted by Gasteiger charge is -1.99. The van der Waals surface area contributed by atoms with Gasteiger partial charge in [0.05, 0.1) is 0 Å². The van der Waals surface area contributed by atoms with Crippen LogP contribution in [0.1, 0.15) is 13.8 Å². The monoisotopic (exact) mass is 78.0 g/mol. The molecular formula is C3H7FO. The number of hydrogen-bond donors (Lipinski definition) is 1. The summed E-state index contributed by atoms with van der Waals surface area (Å²) >= 11 is 0. The van der Waals surface area contributed by atoms with E-state index in [-0.39, 0.29) is 0 Å². The molecule has 1 nitrogen and oxygen atoms in total. The molecule has 2 heteroatoms. The highest BCUT2D eigenvalue weighted by Gasteiger charge is 2.04. The van der Waals surface area contributed by atoms with Crippen LogP contribution in [0.2, 0.25) is 0 Å². The molecule has 0 bridgehead atoms. The molecule has 0 aliphatic carbocycles. The number of rotatable bonds is 0. The minimum absolute atomic E-state index is 1.08. The van der Waals surface area contributed by atoms with Crippen molar-refractivity contribution in [1.29, 1.82) is 0 Å². The molecule has 0 unspecified atom stereocenters. The van der Waals surface area contributed by atoms with E-state index in [0.717, 1.165) is 13.8 Å². The maximum Gasteiger partial charge on any atom is 0.201 e. The molecule has 0 atom stereocenters. The first-order valence-electron chi connectivity index (χ1n) is 1.41. The van der Waals surface area contributed by atoms with Crippen LogP contribution in [-0.2, 0) is 0 Å². The highest BCUT2D eigenvalue weighted by atomic mass is 19.2. The van der Waals surface area contributed by atoms with Gasteiger partial charge < -0.3 is 5.11 Å². The molecule has 0 heterocycles. The predicted octanol–water partition coefficient (Wildman–Crippen LogP) is 0.684. The van der Waals surface area contributed by atoms with Crippen LogP contribution < -0.4 is 0 Å². The summed E-state index contributed by atoms with van der Waals surface area (Å²) in [7, 11) is 0. The average Bonchev–Trinajstić information content (AvgIpc) is 0.722. The van der Waals surface area contributed by atoms with E-state index in [1.54, 1.807) is 0 Å². The highest BCUT2D eigenvalue weighted by molar-refractivity contribution is 4.38. The van der Waals surface area contributed by atoms with Crippen LogP contribution in [0.25, 0.3) is 0 Å². The summed E-state index contributed by atoms with van der Waals surface area (Å²) in [6.07, 6.45) is 0. The number of halogens is 1. The van der Waals surface area contributed by atoms with Crippen molar-refractivity contribution in [1.82, 2.24) is 0 Å². The molecule has 32 valence electrons. The zero-order valence-electron chi connectivity index (χ0n) is 3.33. The van der Waals surface area contributed by atoms with Crippen molar-refractivity contribution in [2.24, 2.45) is 0 Å². The normalized spacial score (nSPS) is 12.0. The summed E-state index contributed by atoms with van der Waals surface area (Å²) in [6.45, 7) is 2.15. The SMILES string of the molecule is CC(C)(O)F. The lowest BCUT2D eigenvalue weighted by atomic mass is 10.4. The maximum atomic E-state index is 11.2. The molecule has 0 aliphatic rings. The van der Waals surface area contributed by atoms with Gasteiger partial charge in [0.15, 0.2) is 0 Å². The molecule has 0 saturated heterocycles. The smallest absolute Gasteiger partial charge is 0.201 e. The lowest BCUT2D eigenvalue weighted by molar-refractivity contribution is -0.0515. The summed E-state index contributed by atoms with van der Waals surface area (Å²) in [5.41, 5.74) is 0. The van der Waals surface area contributed by atoms with Crippen molar-refractivity contribution in [3.05, 3.63) is 0 Å². The molecule has 0 aromatic heterocycles. The van der Waals surface area contributed by atoms with Gasteiger partial charge in [-0.1, -0.05) is 0 Å². The second-order valence-electron chi connectivity index (χ2n) is 1.41. The number of alkyl halides is 1. The molecule has 0 fully saturated rings. The van der Waals surface area contributed by atoms with Crippen molar-refractivity contribution in [2.45, 2.75) is 19.7 Å². The summed E-state index contributed by atoms with van der Waals surface area (Å²) < 4.78 is 11.2. The second kappa shape index (κ2) is 0.937. The minimum atomic E-state index is -2.00. The van der Waals surface area contributed by atoms with E-state index in [4.69, 9.17) is 5.11 Å². The predicted molar refractivity (Wildman–Crippen MR) is 17.4 cm³/mol. The molecular weight excluding hydrogens is 71.0 g/mol. The Bertz CT molecular complexity index is 22.4. The van der Waals surface area contributed by atoms with E-state index in [9.17, 15) is 4.39 Å². The quantitative estimate of drug-likeness (QED) is 0.452. The van der Waals surface area contributed by atoms with Crippen LogP contribution in [0, 0.1) is 0 Å². The van der Waals surface area contributed by atoms with Crippen molar-refractivity contribution in [3.63, 3.8) is 0 Å². The van der Waals surface area contributed by atoms with Gasteiger partial charge in [0, 0.05) is 0 Å². The molecule has 0 aromatic carbocycles. The van der Waals surface area contributed by atoms with Gasteiger partial charge in [-0.05, 0) is 13.8 Å². The third-order valence-electron chi connectivity index (χ3n) is 0. The zero-order chi connectivity index (χ0) is 4.50. The topological polar surface area (TPSA) is 20.2 Å².